The topological polar surface area (TPSA) is 38.1 Å². The molecule has 114 valence electrons. The molecule has 0 aliphatic heterocycles. The molecule has 1 heterocycles. The number of fused-ring (bicyclic) bond motifs is 1. The number of para-hydroxylation sites is 1. The number of halogens is 1. The van der Waals surface area contributed by atoms with Crippen LogP contribution >= 0.6 is 11.6 Å². The van der Waals surface area contributed by atoms with Crippen LogP contribution in [0.5, 0.6) is 0 Å². The van der Waals surface area contributed by atoms with Crippen molar-refractivity contribution < 1.29 is 0 Å². The number of likely N-dealkylation sites (N-methyl/N-ethyl adjacent to an activating group) is 1. The van der Waals surface area contributed by atoms with Crippen molar-refractivity contribution in [3.8, 4) is 0 Å². The fourth-order valence-corrected chi connectivity index (χ4v) is 2.78. The Morgan fingerprint density at radius 2 is 1.95 bits per heavy atom. The molecule has 0 radical (unpaired) electrons. The van der Waals surface area contributed by atoms with Crippen LogP contribution in [0.3, 0.4) is 0 Å². The lowest BCUT2D eigenvalue weighted by molar-refractivity contribution is 0.260. The second kappa shape index (κ2) is 6.58. The monoisotopic (exact) mass is 307 g/mol. The summed E-state index contributed by atoms with van der Waals surface area (Å²) < 4.78 is 1.78. The highest BCUT2D eigenvalue weighted by Gasteiger charge is 2.22. The van der Waals surface area contributed by atoms with Gasteiger partial charge in [-0.05, 0) is 32.1 Å². The highest BCUT2D eigenvalue weighted by Crippen LogP contribution is 2.21. The van der Waals surface area contributed by atoms with E-state index in [1.807, 2.05) is 38.4 Å². The first-order chi connectivity index (χ1) is 9.95. The molecule has 0 saturated heterocycles. The van der Waals surface area contributed by atoms with Gasteiger partial charge in [0.05, 0.1) is 22.8 Å². The van der Waals surface area contributed by atoms with Gasteiger partial charge in [-0.1, -0.05) is 26.0 Å². The highest BCUT2D eigenvalue weighted by molar-refractivity contribution is 6.16. The predicted molar refractivity (Wildman–Crippen MR) is 88.0 cm³/mol. The summed E-state index contributed by atoms with van der Waals surface area (Å²) in [7, 11) is 4.02. The maximum atomic E-state index is 12.9. The lowest BCUT2D eigenvalue weighted by Gasteiger charge is -2.28. The standard InChI is InChI=1S/C16H22ClN3O/c1-11(2)14(10-19(3)4)20-15(9-17)18-13-8-6-5-7-12(13)16(20)21/h5-8,11,14H,9-10H2,1-4H3. The van der Waals surface area contributed by atoms with Crippen molar-refractivity contribution in [2.24, 2.45) is 5.92 Å². The summed E-state index contributed by atoms with van der Waals surface area (Å²) in [5.41, 5.74) is 0.707. The molecule has 1 atom stereocenters. The van der Waals surface area contributed by atoms with Crippen LogP contribution in [0.15, 0.2) is 29.1 Å². The lowest BCUT2D eigenvalue weighted by Crippen LogP contribution is -2.37. The van der Waals surface area contributed by atoms with Crippen molar-refractivity contribution in [1.29, 1.82) is 0 Å². The van der Waals surface area contributed by atoms with Gasteiger partial charge in [-0.25, -0.2) is 4.98 Å². The summed E-state index contributed by atoms with van der Waals surface area (Å²) in [5.74, 6) is 1.19. The van der Waals surface area contributed by atoms with Crippen molar-refractivity contribution in [2.45, 2.75) is 25.8 Å². The number of aromatic nitrogens is 2. The van der Waals surface area contributed by atoms with Gasteiger partial charge in [-0.15, -0.1) is 11.6 Å². The molecule has 21 heavy (non-hydrogen) atoms. The molecular formula is C16H22ClN3O. The normalized spacial score (nSPS) is 13.3. The Labute approximate surface area is 130 Å². The Kier molecular flexibility index (Phi) is 5.01. The first-order valence-electron chi connectivity index (χ1n) is 7.16. The van der Waals surface area contributed by atoms with Crippen molar-refractivity contribution in [3.63, 3.8) is 0 Å². The molecule has 1 aromatic carbocycles. The third-order valence-corrected chi connectivity index (χ3v) is 3.89. The van der Waals surface area contributed by atoms with Crippen molar-refractivity contribution in [3.05, 3.63) is 40.4 Å². The summed E-state index contributed by atoms with van der Waals surface area (Å²) in [6.07, 6.45) is 0. The zero-order valence-corrected chi connectivity index (χ0v) is 13.8. The van der Waals surface area contributed by atoms with Crippen LogP contribution in [0, 0.1) is 5.92 Å². The molecule has 2 rings (SSSR count). The molecular weight excluding hydrogens is 286 g/mol. The molecule has 0 saturated carbocycles. The van der Waals surface area contributed by atoms with E-state index in [9.17, 15) is 4.79 Å². The predicted octanol–water partition coefficient (Wildman–Crippen LogP) is 2.89. The minimum atomic E-state index is -0.00296. The van der Waals surface area contributed by atoms with Crippen molar-refractivity contribution in [1.82, 2.24) is 14.5 Å². The summed E-state index contributed by atoms with van der Waals surface area (Å²) >= 11 is 6.05. The molecule has 0 amide bonds. The fourth-order valence-electron chi connectivity index (χ4n) is 2.59. The largest absolute Gasteiger partial charge is 0.307 e. The number of rotatable bonds is 5. The first kappa shape index (κ1) is 16.0. The number of nitrogens with zero attached hydrogens (tertiary/aromatic N) is 3. The molecule has 0 fully saturated rings. The molecule has 0 aliphatic rings. The Morgan fingerprint density at radius 3 is 2.52 bits per heavy atom. The molecule has 0 spiro atoms. The van der Waals surface area contributed by atoms with E-state index in [4.69, 9.17) is 11.6 Å². The van der Waals surface area contributed by atoms with Gasteiger partial charge in [0.1, 0.15) is 5.82 Å². The van der Waals surface area contributed by atoms with Gasteiger partial charge in [-0.2, -0.15) is 0 Å². The lowest BCUT2D eigenvalue weighted by atomic mass is 10.0. The van der Waals surface area contributed by atoms with Crippen LogP contribution in [-0.2, 0) is 5.88 Å². The maximum Gasteiger partial charge on any atom is 0.261 e. The zero-order valence-electron chi connectivity index (χ0n) is 13.0. The number of alkyl halides is 1. The molecule has 1 unspecified atom stereocenters. The molecule has 0 N–H and O–H groups in total. The second-order valence-electron chi connectivity index (χ2n) is 5.93. The summed E-state index contributed by atoms with van der Waals surface area (Å²) in [5, 5.41) is 0.649. The van der Waals surface area contributed by atoms with E-state index in [1.165, 1.54) is 0 Å². The van der Waals surface area contributed by atoms with Crippen molar-refractivity contribution >= 4 is 22.5 Å². The van der Waals surface area contributed by atoms with Crippen molar-refractivity contribution in [2.75, 3.05) is 20.6 Å². The molecule has 2 aromatic rings. The van der Waals surface area contributed by atoms with Gasteiger partial charge in [0.25, 0.3) is 5.56 Å². The second-order valence-corrected chi connectivity index (χ2v) is 6.19. The Morgan fingerprint density at radius 1 is 1.29 bits per heavy atom. The SMILES string of the molecule is CC(C)C(CN(C)C)n1c(CCl)nc2ccccc2c1=O. The highest BCUT2D eigenvalue weighted by atomic mass is 35.5. The van der Waals surface area contributed by atoms with E-state index in [0.29, 0.717) is 22.6 Å². The van der Waals surface area contributed by atoms with E-state index in [1.54, 1.807) is 4.57 Å². The quantitative estimate of drug-likeness (QED) is 0.797. The Bertz CT molecular complexity index is 679. The molecule has 0 aliphatic carbocycles. The Balaban J connectivity index is 2.70. The van der Waals surface area contributed by atoms with Crippen LogP contribution in [0.1, 0.15) is 25.7 Å². The molecule has 4 nitrogen and oxygen atoms in total. The number of hydrogen-bond donors (Lipinski definition) is 0. The van der Waals surface area contributed by atoms with Gasteiger partial charge in [0.2, 0.25) is 0 Å². The van der Waals surface area contributed by atoms with Gasteiger partial charge in [0, 0.05) is 6.54 Å². The maximum absolute atomic E-state index is 12.9. The van der Waals surface area contributed by atoms with E-state index in [2.05, 4.69) is 23.7 Å². The Hall–Kier alpha value is -1.39. The van der Waals surface area contributed by atoms with Gasteiger partial charge in [0.15, 0.2) is 0 Å². The van der Waals surface area contributed by atoms with Crippen LogP contribution in [0.25, 0.3) is 10.9 Å². The molecule has 0 bridgehead atoms. The first-order valence-corrected chi connectivity index (χ1v) is 7.70. The third kappa shape index (κ3) is 3.27. The van der Waals surface area contributed by atoms with E-state index in [-0.39, 0.29) is 17.5 Å². The van der Waals surface area contributed by atoms with E-state index < -0.39 is 0 Å². The smallest absolute Gasteiger partial charge is 0.261 e. The zero-order chi connectivity index (χ0) is 15.6. The number of benzene rings is 1. The van der Waals surface area contributed by atoms with Gasteiger partial charge in [-0.3, -0.25) is 9.36 Å². The fraction of sp³-hybridized carbons (Fsp3) is 0.500. The average molecular weight is 308 g/mol. The van der Waals surface area contributed by atoms with Crippen LogP contribution in [0.2, 0.25) is 0 Å². The summed E-state index contributed by atoms with van der Waals surface area (Å²) in [6.45, 7) is 5.02. The van der Waals surface area contributed by atoms with Crippen LogP contribution in [-0.4, -0.2) is 35.1 Å². The molecule has 1 aromatic heterocycles. The summed E-state index contributed by atoms with van der Waals surface area (Å²) in [6, 6.07) is 7.49. The average Bonchev–Trinajstić information content (AvgIpc) is 2.44. The van der Waals surface area contributed by atoms with E-state index in [0.717, 1.165) is 6.54 Å². The van der Waals surface area contributed by atoms with Crippen LogP contribution < -0.4 is 5.56 Å². The van der Waals surface area contributed by atoms with Gasteiger partial charge < -0.3 is 4.90 Å². The minimum Gasteiger partial charge on any atom is -0.307 e. The van der Waals surface area contributed by atoms with Crippen LogP contribution in [0.4, 0.5) is 0 Å². The van der Waals surface area contributed by atoms with E-state index >= 15 is 0 Å². The van der Waals surface area contributed by atoms with Gasteiger partial charge >= 0.3 is 0 Å². The molecule has 5 heteroatoms. The minimum absolute atomic E-state index is 0.00296. The number of hydrogen-bond acceptors (Lipinski definition) is 3. The third-order valence-electron chi connectivity index (χ3n) is 3.65. The summed E-state index contributed by atoms with van der Waals surface area (Å²) in [4.78, 5) is 19.5.